The van der Waals surface area contributed by atoms with E-state index in [0.717, 1.165) is 11.1 Å². The second-order valence-electron chi connectivity index (χ2n) is 5.13. The first-order chi connectivity index (χ1) is 9.54. The van der Waals surface area contributed by atoms with Crippen molar-refractivity contribution >= 4 is 11.7 Å². The van der Waals surface area contributed by atoms with Crippen LogP contribution in [0.3, 0.4) is 0 Å². The van der Waals surface area contributed by atoms with Crippen LogP contribution in [0.25, 0.3) is 0 Å². The highest BCUT2D eigenvalue weighted by atomic mass is 16.2. The molecule has 0 radical (unpaired) electrons. The van der Waals surface area contributed by atoms with Gasteiger partial charge in [0.05, 0.1) is 5.56 Å². The molecule has 2 aromatic rings. The molecule has 20 heavy (non-hydrogen) atoms. The van der Waals surface area contributed by atoms with Gasteiger partial charge in [0.25, 0.3) is 5.56 Å². The lowest BCUT2D eigenvalue weighted by Gasteiger charge is -2.24. The summed E-state index contributed by atoms with van der Waals surface area (Å²) in [5.74, 6) is 0.532. The Morgan fingerprint density at radius 2 is 2.05 bits per heavy atom. The monoisotopic (exact) mass is 269 g/mol. The number of fused-ring (bicyclic) bond motifs is 1. The van der Waals surface area contributed by atoms with Gasteiger partial charge in [-0.25, -0.2) is 4.98 Å². The van der Waals surface area contributed by atoms with Crippen molar-refractivity contribution in [2.75, 3.05) is 5.32 Å². The standard InChI is InChI=1S/C15H15N3O2/c1-8-4-3-5-10(6-8)11-7-12(19)18-14-13(11)15(20)17-9(2)16-14/h3-6,11H,7H2,1-2H3,(H2,16,17,18,19,20)/t11-/m0/s1. The largest absolute Gasteiger partial charge is 0.310 e. The molecule has 1 aliphatic rings. The Morgan fingerprint density at radius 1 is 1.25 bits per heavy atom. The van der Waals surface area contributed by atoms with Crippen LogP contribution in [0.4, 0.5) is 5.82 Å². The number of H-pyrrole nitrogens is 1. The van der Waals surface area contributed by atoms with E-state index >= 15 is 0 Å². The molecule has 0 spiro atoms. The number of anilines is 1. The van der Waals surface area contributed by atoms with Gasteiger partial charge in [0, 0.05) is 12.3 Å². The van der Waals surface area contributed by atoms with Crippen molar-refractivity contribution in [3.05, 3.63) is 57.1 Å². The zero-order valence-corrected chi connectivity index (χ0v) is 11.4. The lowest BCUT2D eigenvalue weighted by Crippen LogP contribution is -2.31. The van der Waals surface area contributed by atoms with Crippen molar-refractivity contribution in [1.82, 2.24) is 9.97 Å². The molecule has 1 amide bonds. The third-order valence-corrected chi connectivity index (χ3v) is 3.51. The summed E-state index contributed by atoms with van der Waals surface area (Å²) in [6.07, 6.45) is 0.268. The molecular formula is C15H15N3O2. The second kappa shape index (κ2) is 4.59. The first kappa shape index (κ1) is 12.6. The third kappa shape index (κ3) is 2.11. The molecule has 0 bridgehead atoms. The number of nitrogens with one attached hydrogen (secondary N) is 2. The fraction of sp³-hybridized carbons (Fsp3) is 0.267. The molecule has 2 heterocycles. The predicted octanol–water partition coefficient (Wildman–Crippen LogP) is 1.86. The van der Waals surface area contributed by atoms with Gasteiger partial charge in [0.2, 0.25) is 5.91 Å². The van der Waals surface area contributed by atoms with Crippen LogP contribution in [0.5, 0.6) is 0 Å². The molecule has 0 unspecified atom stereocenters. The van der Waals surface area contributed by atoms with Gasteiger partial charge in [-0.05, 0) is 19.4 Å². The molecule has 1 atom stereocenters. The van der Waals surface area contributed by atoms with Crippen LogP contribution in [0.2, 0.25) is 0 Å². The SMILES string of the molecule is Cc1cccc([C@@H]2CC(=O)Nc3nc(C)[nH]c(=O)c32)c1. The molecule has 102 valence electrons. The number of hydrogen-bond donors (Lipinski definition) is 2. The summed E-state index contributed by atoms with van der Waals surface area (Å²) in [7, 11) is 0. The number of benzene rings is 1. The fourth-order valence-electron chi connectivity index (χ4n) is 2.66. The number of amides is 1. The van der Waals surface area contributed by atoms with Gasteiger partial charge < -0.3 is 10.3 Å². The molecule has 1 aromatic carbocycles. The summed E-state index contributed by atoms with van der Waals surface area (Å²) in [5, 5.41) is 2.69. The zero-order valence-electron chi connectivity index (χ0n) is 11.4. The molecule has 0 fully saturated rings. The Labute approximate surface area is 116 Å². The summed E-state index contributed by atoms with van der Waals surface area (Å²) < 4.78 is 0. The van der Waals surface area contributed by atoms with E-state index in [1.165, 1.54) is 0 Å². The van der Waals surface area contributed by atoms with Crippen LogP contribution in [-0.4, -0.2) is 15.9 Å². The van der Waals surface area contributed by atoms with Gasteiger partial charge in [0.15, 0.2) is 0 Å². The van der Waals surface area contributed by atoms with Gasteiger partial charge in [-0.15, -0.1) is 0 Å². The van der Waals surface area contributed by atoms with Crippen LogP contribution in [0.15, 0.2) is 29.1 Å². The normalized spacial score (nSPS) is 17.5. The van der Waals surface area contributed by atoms with Crippen LogP contribution in [0.1, 0.15) is 34.9 Å². The highest BCUT2D eigenvalue weighted by Gasteiger charge is 2.30. The molecule has 5 heteroatoms. The van der Waals surface area contributed by atoms with Crippen molar-refractivity contribution in [2.24, 2.45) is 0 Å². The minimum Gasteiger partial charge on any atom is -0.310 e. The Kier molecular flexibility index (Phi) is 2.89. The van der Waals surface area contributed by atoms with Crippen molar-refractivity contribution in [3.63, 3.8) is 0 Å². The first-order valence-corrected chi connectivity index (χ1v) is 6.52. The summed E-state index contributed by atoms with van der Waals surface area (Å²) in [6, 6.07) is 7.88. The molecule has 5 nitrogen and oxygen atoms in total. The van der Waals surface area contributed by atoms with E-state index in [-0.39, 0.29) is 23.8 Å². The highest BCUT2D eigenvalue weighted by molar-refractivity contribution is 5.94. The molecule has 0 aliphatic carbocycles. The molecule has 1 aliphatic heterocycles. The Hall–Kier alpha value is -2.43. The van der Waals surface area contributed by atoms with E-state index in [9.17, 15) is 9.59 Å². The molecule has 0 saturated carbocycles. The average molecular weight is 269 g/mol. The summed E-state index contributed by atoms with van der Waals surface area (Å²) in [6.45, 7) is 3.69. The van der Waals surface area contributed by atoms with Gasteiger partial charge in [-0.2, -0.15) is 0 Å². The molecule has 0 saturated heterocycles. The summed E-state index contributed by atoms with van der Waals surface area (Å²) in [4.78, 5) is 31.0. The third-order valence-electron chi connectivity index (χ3n) is 3.51. The minimum absolute atomic E-state index is 0.110. The summed E-state index contributed by atoms with van der Waals surface area (Å²) in [5.41, 5.74) is 2.43. The van der Waals surface area contributed by atoms with E-state index < -0.39 is 0 Å². The lowest BCUT2D eigenvalue weighted by atomic mass is 9.86. The van der Waals surface area contributed by atoms with Crippen molar-refractivity contribution < 1.29 is 4.79 Å². The second-order valence-corrected chi connectivity index (χ2v) is 5.13. The van der Waals surface area contributed by atoms with Crippen molar-refractivity contribution in [1.29, 1.82) is 0 Å². The number of aromatic nitrogens is 2. The average Bonchev–Trinajstić information content (AvgIpc) is 2.36. The van der Waals surface area contributed by atoms with Gasteiger partial charge in [-0.3, -0.25) is 9.59 Å². The van der Waals surface area contributed by atoms with Crippen molar-refractivity contribution in [2.45, 2.75) is 26.2 Å². The van der Waals surface area contributed by atoms with Gasteiger partial charge in [0.1, 0.15) is 11.6 Å². The van der Waals surface area contributed by atoms with E-state index in [0.29, 0.717) is 17.2 Å². The number of aromatic amines is 1. The number of carbonyl (C=O) groups excluding carboxylic acids is 1. The van der Waals surface area contributed by atoms with Crippen LogP contribution < -0.4 is 10.9 Å². The fourth-order valence-corrected chi connectivity index (χ4v) is 2.66. The van der Waals surface area contributed by atoms with Crippen LogP contribution in [0, 0.1) is 13.8 Å². The molecule has 2 N–H and O–H groups in total. The molecule has 3 rings (SSSR count). The maximum atomic E-state index is 12.2. The Balaban J connectivity index is 2.20. The number of aryl methyl sites for hydroxylation is 2. The van der Waals surface area contributed by atoms with Crippen molar-refractivity contribution in [3.8, 4) is 0 Å². The number of nitrogens with zero attached hydrogens (tertiary/aromatic N) is 1. The lowest BCUT2D eigenvalue weighted by molar-refractivity contribution is -0.116. The van der Waals surface area contributed by atoms with E-state index in [1.807, 2.05) is 31.2 Å². The number of rotatable bonds is 1. The maximum absolute atomic E-state index is 12.2. The Morgan fingerprint density at radius 3 is 2.80 bits per heavy atom. The molecular weight excluding hydrogens is 254 g/mol. The topological polar surface area (TPSA) is 74.8 Å². The number of carbonyl (C=O) groups is 1. The Bertz CT molecular complexity index is 749. The highest BCUT2D eigenvalue weighted by Crippen LogP contribution is 2.33. The molecule has 1 aromatic heterocycles. The van der Waals surface area contributed by atoms with Crippen LogP contribution in [-0.2, 0) is 4.79 Å². The minimum atomic E-state index is -0.240. The first-order valence-electron chi connectivity index (χ1n) is 6.52. The van der Waals surface area contributed by atoms with E-state index in [2.05, 4.69) is 15.3 Å². The smallest absolute Gasteiger partial charge is 0.256 e. The number of hydrogen-bond acceptors (Lipinski definition) is 3. The predicted molar refractivity (Wildman–Crippen MR) is 75.9 cm³/mol. The van der Waals surface area contributed by atoms with E-state index in [1.54, 1.807) is 6.92 Å². The van der Waals surface area contributed by atoms with Gasteiger partial charge >= 0.3 is 0 Å². The van der Waals surface area contributed by atoms with Gasteiger partial charge in [-0.1, -0.05) is 29.8 Å². The zero-order chi connectivity index (χ0) is 14.3. The van der Waals surface area contributed by atoms with E-state index in [4.69, 9.17) is 0 Å². The van der Waals surface area contributed by atoms with Crippen LogP contribution >= 0.6 is 0 Å². The maximum Gasteiger partial charge on any atom is 0.256 e. The quantitative estimate of drug-likeness (QED) is 0.829. The summed E-state index contributed by atoms with van der Waals surface area (Å²) >= 11 is 0.